The van der Waals surface area contributed by atoms with Gasteiger partial charge in [0.15, 0.2) is 0 Å². The Hall–Kier alpha value is -1.59. The average molecular weight is 203 g/mol. The van der Waals surface area contributed by atoms with Crippen molar-refractivity contribution in [2.45, 2.75) is 6.42 Å². The molecule has 0 unspecified atom stereocenters. The third-order valence-corrected chi connectivity index (χ3v) is 2.22. The first kappa shape index (κ1) is 8.98. The maximum absolute atomic E-state index is 8.55. The number of fused-ring (bicyclic) bond motifs is 1. The molecule has 0 spiro atoms. The fourth-order valence-corrected chi connectivity index (χ4v) is 1.49. The summed E-state index contributed by atoms with van der Waals surface area (Å²) in [6.45, 7) is 0. The van der Waals surface area contributed by atoms with Crippen LogP contribution < -0.4 is 0 Å². The summed E-state index contributed by atoms with van der Waals surface area (Å²) in [5, 5.41) is 10.1. The van der Waals surface area contributed by atoms with Crippen LogP contribution in [0.3, 0.4) is 0 Å². The highest BCUT2D eigenvalue weighted by Gasteiger charge is 1.98. The van der Waals surface area contributed by atoms with Gasteiger partial charge in [-0.2, -0.15) is 5.26 Å². The van der Waals surface area contributed by atoms with Crippen LogP contribution in [-0.2, 0) is 6.42 Å². The topological polar surface area (TPSA) is 36.7 Å². The second kappa shape index (κ2) is 3.65. The maximum atomic E-state index is 8.55. The van der Waals surface area contributed by atoms with Crippen molar-refractivity contribution in [3.8, 4) is 6.07 Å². The van der Waals surface area contributed by atoms with Gasteiger partial charge in [0.25, 0.3) is 0 Å². The molecule has 0 saturated carbocycles. The Morgan fingerprint density at radius 1 is 1.29 bits per heavy atom. The van der Waals surface area contributed by atoms with Crippen molar-refractivity contribution in [2.24, 2.45) is 0 Å². The van der Waals surface area contributed by atoms with Crippen LogP contribution in [0.5, 0.6) is 0 Å². The molecule has 1 aromatic heterocycles. The molecule has 0 N–H and O–H groups in total. The van der Waals surface area contributed by atoms with Crippen molar-refractivity contribution in [1.82, 2.24) is 4.98 Å². The SMILES string of the molecule is N#CCc1ccc2ccc(Cl)nc2c1. The molecule has 14 heavy (non-hydrogen) atoms. The second-order valence-corrected chi connectivity index (χ2v) is 3.38. The van der Waals surface area contributed by atoms with E-state index in [1.807, 2.05) is 24.3 Å². The summed E-state index contributed by atoms with van der Waals surface area (Å²) in [5.74, 6) is 0. The number of hydrogen-bond acceptors (Lipinski definition) is 2. The molecule has 0 atom stereocenters. The van der Waals surface area contributed by atoms with Crippen LogP contribution in [-0.4, -0.2) is 4.98 Å². The summed E-state index contributed by atoms with van der Waals surface area (Å²) in [5.41, 5.74) is 1.81. The van der Waals surface area contributed by atoms with E-state index in [9.17, 15) is 0 Å². The molecule has 0 aliphatic heterocycles. The van der Waals surface area contributed by atoms with E-state index in [0.717, 1.165) is 16.5 Å². The smallest absolute Gasteiger partial charge is 0.129 e. The lowest BCUT2D eigenvalue weighted by Crippen LogP contribution is -1.84. The molecule has 68 valence electrons. The van der Waals surface area contributed by atoms with E-state index in [1.54, 1.807) is 6.07 Å². The molecule has 2 rings (SSSR count). The first-order valence-electron chi connectivity index (χ1n) is 4.22. The maximum Gasteiger partial charge on any atom is 0.129 e. The predicted octanol–water partition coefficient (Wildman–Crippen LogP) is 2.95. The van der Waals surface area contributed by atoms with E-state index in [0.29, 0.717) is 11.6 Å². The Balaban J connectivity index is 2.59. The summed E-state index contributed by atoms with van der Waals surface area (Å²) in [6.07, 6.45) is 0.407. The van der Waals surface area contributed by atoms with Crippen LogP contribution in [0.4, 0.5) is 0 Å². The minimum atomic E-state index is 0.407. The van der Waals surface area contributed by atoms with E-state index in [-0.39, 0.29) is 0 Å². The quantitative estimate of drug-likeness (QED) is 0.667. The van der Waals surface area contributed by atoms with Gasteiger partial charge in [-0.1, -0.05) is 23.7 Å². The lowest BCUT2D eigenvalue weighted by Gasteiger charge is -1.99. The van der Waals surface area contributed by atoms with Gasteiger partial charge in [-0.3, -0.25) is 0 Å². The highest BCUT2D eigenvalue weighted by Crippen LogP contribution is 2.17. The third kappa shape index (κ3) is 1.68. The molecule has 0 amide bonds. The molecule has 0 bridgehead atoms. The van der Waals surface area contributed by atoms with Crippen molar-refractivity contribution < 1.29 is 0 Å². The van der Waals surface area contributed by atoms with Crippen LogP contribution in [0, 0.1) is 11.3 Å². The first-order chi connectivity index (χ1) is 6.79. The zero-order chi connectivity index (χ0) is 9.97. The Morgan fingerprint density at radius 3 is 2.86 bits per heavy atom. The average Bonchev–Trinajstić information content (AvgIpc) is 2.17. The predicted molar refractivity (Wildman–Crippen MR) is 56.1 cm³/mol. The Kier molecular flexibility index (Phi) is 2.34. The first-order valence-corrected chi connectivity index (χ1v) is 4.59. The van der Waals surface area contributed by atoms with E-state index >= 15 is 0 Å². The van der Waals surface area contributed by atoms with Gasteiger partial charge in [-0.15, -0.1) is 0 Å². The monoisotopic (exact) mass is 202 g/mol. The molecule has 0 fully saturated rings. The number of benzene rings is 1. The summed E-state index contributed by atoms with van der Waals surface area (Å²) in [4.78, 5) is 4.17. The number of nitriles is 1. The molecule has 0 aliphatic carbocycles. The number of hydrogen-bond donors (Lipinski definition) is 0. The molecule has 0 saturated heterocycles. The van der Waals surface area contributed by atoms with Gasteiger partial charge in [0.2, 0.25) is 0 Å². The number of halogens is 1. The normalized spacial score (nSPS) is 10.0. The Bertz CT molecular complexity index is 514. The standard InChI is InChI=1S/C11H7ClN2/c12-11-4-3-9-2-1-8(5-6-13)7-10(9)14-11/h1-4,7H,5H2. The summed E-state index contributed by atoms with van der Waals surface area (Å²) < 4.78 is 0. The number of aromatic nitrogens is 1. The van der Waals surface area contributed by atoms with Gasteiger partial charge in [0, 0.05) is 5.39 Å². The zero-order valence-electron chi connectivity index (χ0n) is 7.37. The van der Waals surface area contributed by atoms with Crippen LogP contribution in [0.25, 0.3) is 10.9 Å². The van der Waals surface area contributed by atoms with Gasteiger partial charge in [-0.05, 0) is 23.8 Å². The fourth-order valence-electron chi connectivity index (χ4n) is 1.34. The van der Waals surface area contributed by atoms with Crippen LogP contribution in [0.1, 0.15) is 5.56 Å². The van der Waals surface area contributed by atoms with E-state index in [4.69, 9.17) is 16.9 Å². The van der Waals surface area contributed by atoms with Crippen molar-refractivity contribution in [2.75, 3.05) is 0 Å². The van der Waals surface area contributed by atoms with Gasteiger partial charge < -0.3 is 0 Å². The molecule has 1 aromatic carbocycles. The molecule has 2 nitrogen and oxygen atoms in total. The molecule has 0 radical (unpaired) electrons. The lowest BCUT2D eigenvalue weighted by atomic mass is 10.1. The van der Waals surface area contributed by atoms with E-state index < -0.39 is 0 Å². The highest BCUT2D eigenvalue weighted by molar-refractivity contribution is 6.29. The number of pyridine rings is 1. The van der Waals surface area contributed by atoms with Crippen molar-refractivity contribution in [3.05, 3.63) is 41.0 Å². The highest BCUT2D eigenvalue weighted by atomic mass is 35.5. The number of nitrogens with zero attached hydrogens (tertiary/aromatic N) is 2. The summed E-state index contributed by atoms with van der Waals surface area (Å²) >= 11 is 5.77. The van der Waals surface area contributed by atoms with Crippen molar-refractivity contribution in [1.29, 1.82) is 5.26 Å². The minimum Gasteiger partial charge on any atom is -0.236 e. The second-order valence-electron chi connectivity index (χ2n) is 3.00. The molecule has 0 aliphatic rings. The van der Waals surface area contributed by atoms with Gasteiger partial charge in [-0.25, -0.2) is 4.98 Å². The van der Waals surface area contributed by atoms with Crippen LogP contribution in [0.15, 0.2) is 30.3 Å². The van der Waals surface area contributed by atoms with E-state index in [1.165, 1.54) is 0 Å². The van der Waals surface area contributed by atoms with Crippen LogP contribution >= 0.6 is 11.6 Å². The van der Waals surface area contributed by atoms with Gasteiger partial charge >= 0.3 is 0 Å². The summed E-state index contributed by atoms with van der Waals surface area (Å²) in [6, 6.07) is 11.6. The number of rotatable bonds is 1. The van der Waals surface area contributed by atoms with Crippen molar-refractivity contribution in [3.63, 3.8) is 0 Å². The minimum absolute atomic E-state index is 0.407. The molecule has 2 aromatic rings. The Morgan fingerprint density at radius 2 is 2.07 bits per heavy atom. The largest absolute Gasteiger partial charge is 0.236 e. The van der Waals surface area contributed by atoms with Gasteiger partial charge in [0.05, 0.1) is 18.0 Å². The van der Waals surface area contributed by atoms with E-state index in [2.05, 4.69) is 11.1 Å². The third-order valence-electron chi connectivity index (χ3n) is 2.01. The fraction of sp³-hybridized carbons (Fsp3) is 0.0909. The Labute approximate surface area is 86.8 Å². The molecule has 1 heterocycles. The van der Waals surface area contributed by atoms with Crippen molar-refractivity contribution >= 4 is 22.5 Å². The lowest BCUT2D eigenvalue weighted by molar-refractivity contribution is 1.26. The molecular weight excluding hydrogens is 196 g/mol. The summed E-state index contributed by atoms with van der Waals surface area (Å²) in [7, 11) is 0. The molecular formula is C11H7ClN2. The zero-order valence-corrected chi connectivity index (χ0v) is 8.12. The van der Waals surface area contributed by atoms with Crippen LogP contribution in [0.2, 0.25) is 5.15 Å². The van der Waals surface area contributed by atoms with Gasteiger partial charge in [0.1, 0.15) is 5.15 Å². The molecule has 3 heteroatoms.